The second kappa shape index (κ2) is 16.3. The predicted octanol–water partition coefficient (Wildman–Crippen LogP) is 0.484. The molecule has 0 aliphatic heterocycles. The zero-order chi connectivity index (χ0) is 26.1. The Morgan fingerprint density at radius 1 is 0.971 bits per heavy atom. The lowest BCUT2D eigenvalue weighted by atomic mass is 10.0. The minimum atomic E-state index is -1.10. The molecular formula is C20H29N11O4. The molecule has 6 N–H and O–H groups in total. The highest BCUT2D eigenvalue weighted by molar-refractivity contribution is 6.00. The molecule has 1 aromatic carbocycles. The standard InChI is InChI=1S/C20H29N11O4/c1-13(28-31-30-23)18(33)26-16(11-14-7-3-2-4-8-14)20(35)25-15(9-5-6-10-21)19(34)27-17(32)12-24-29-22/h2-4,7-8,13,15-16,28H,5-6,9-12,21H2,1H3,(H,25,35)(H,26,33)(H,27,32,34)/t13-,15+,16+/m1/s1. The lowest BCUT2D eigenvalue weighted by Crippen LogP contribution is -2.56. The molecule has 0 unspecified atom stereocenters. The second-order valence-electron chi connectivity index (χ2n) is 7.44. The third kappa shape index (κ3) is 11.4. The van der Waals surface area contributed by atoms with E-state index in [1.807, 2.05) is 0 Å². The van der Waals surface area contributed by atoms with Gasteiger partial charge in [-0.3, -0.25) is 24.5 Å². The molecule has 0 radical (unpaired) electrons. The molecule has 15 nitrogen and oxygen atoms in total. The number of carbonyl (C=O) groups is 4. The van der Waals surface area contributed by atoms with Gasteiger partial charge in [0.15, 0.2) is 6.04 Å². The first-order chi connectivity index (χ1) is 16.8. The van der Waals surface area contributed by atoms with Crippen LogP contribution in [-0.2, 0) is 25.6 Å². The Bertz CT molecular complexity index is 959. The Morgan fingerprint density at radius 2 is 1.66 bits per heavy atom. The molecule has 0 saturated heterocycles. The summed E-state index contributed by atoms with van der Waals surface area (Å²) in [6.07, 6.45) is 1.37. The topological polar surface area (TPSA) is 240 Å². The van der Waals surface area contributed by atoms with Crippen LogP contribution >= 0.6 is 0 Å². The van der Waals surface area contributed by atoms with Crippen LogP contribution in [0.3, 0.4) is 0 Å². The Balaban J connectivity index is 3.03. The number of amides is 4. The van der Waals surface area contributed by atoms with E-state index in [4.69, 9.17) is 16.8 Å². The molecule has 3 atom stereocenters. The summed E-state index contributed by atoms with van der Waals surface area (Å²) in [5.41, 5.74) is 25.3. The number of nitrogens with one attached hydrogen (secondary N) is 4. The van der Waals surface area contributed by atoms with Crippen molar-refractivity contribution in [3.8, 4) is 0 Å². The van der Waals surface area contributed by atoms with Gasteiger partial charge in [0.2, 0.25) is 17.7 Å². The predicted molar refractivity (Wildman–Crippen MR) is 126 cm³/mol. The first-order valence-electron chi connectivity index (χ1n) is 10.8. The van der Waals surface area contributed by atoms with Crippen LogP contribution in [0.1, 0.15) is 31.7 Å². The van der Waals surface area contributed by atoms with E-state index in [1.54, 1.807) is 30.3 Å². The van der Waals surface area contributed by atoms with Crippen molar-refractivity contribution in [2.75, 3.05) is 13.1 Å². The van der Waals surface area contributed by atoms with E-state index in [9.17, 15) is 19.2 Å². The molecule has 0 heterocycles. The highest BCUT2D eigenvalue weighted by Gasteiger charge is 2.29. The van der Waals surface area contributed by atoms with Gasteiger partial charge in [-0.25, -0.2) is 5.43 Å². The van der Waals surface area contributed by atoms with Crippen LogP contribution in [0.5, 0.6) is 0 Å². The molecule has 0 aliphatic carbocycles. The van der Waals surface area contributed by atoms with Crippen LogP contribution in [0.25, 0.3) is 20.9 Å². The first-order valence-corrected chi connectivity index (χ1v) is 10.8. The van der Waals surface area contributed by atoms with Gasteiger partial charge in [-0.2, -0.15) is 4.91 Å². The summed E-state index contributed by atoms with van der Waals surface area (Å²) in [6, 6.07) is 5.78. The average Bonchev–Trinajstić information content (AvgIpc) is 2.85. The van der Waals surface area contributed by atoms with Gasteiger partial charge in [0, 0.05) is 11.3 Å². The van der Waals surface area contributed by atoms with Crippen LogP contribution in [0.4, 0.5) is 0 Å². The van der Waals surface area contributed by atoms with Gasteiger partial charge in [0.1, 0.15) is 18.6 Å². The van der Waals surface area contributed by atoms with E-state index in [0.717, 1.165) is 5.56 Å². The largest absolute Gasteiger partial charge is 0.342 e. The number of nitrogens with zero attached hydrogens (tertiary/aromatic N) is 6. The van der Waals surface area contributed by atoms with E-state index >= 15 is 0 Å². The fourth-order valence-electron chi connectivity index (χ4n) is 2.92. The third-order valence-electron chi connectivity index (χ3n) is 4.73. The summed E-state index contributed by atoms with van der Waals surface area (Å²) >= 11 is 0. The molecule has 1 aromatic rings. The van der Waals surface area contributed by atoms with Crippen LogP contribution in [0.2, 0.25) is 0 Å². The molecular weight excluding hydrogens is 458 g/mol. The number of nitrogens with two attached hydrogens (primary N) is 1. The maximum atomic E-state index is 13.1. The van der Waals surface area contributed by atoms with Crippen molar-refractivity contribution < 1.29 is 19.2 Å². The van der Waals surface area contributed by atoms with Crippen molar-refractivity contribution in [2.24, 2.45) is 16.1 Å². The number of rotatable bonds is 15. The molecule has 188 valence electrons. The van der Waals surface area contributed by atoms with Crippen LogP contribution in [0.15, 0.2) is 40.7 Å². The third-order valence-corrected chi connectivity index (χ3v) is 4.73. The van der Waals surface area contributed by atoms with Crippen LogP contribution in [-0.4, -0.2) is 54.8 Å². The summed E-state index contributed by atoms with van der Waals surface area (Å²) in [6.45, 7) is 1.25. The number of carbonyl (C=O) groups excluding carboxylic acids is 4. The fourth-order valence-corrected chi connectivity index (χ4v) is 2.92. The van der Waals surface area contributed by atoms with Crippen molar-refractivity contribution >= 4 is 23.6 Å². The Morgan fingerprint density at radius 3 is 2.29 bits per heavy atom. The lowest BCUT2D eigenvalue weighted by Gasteiger charge is -2.23. The smallest absolute Gasteiger partial charge is 0.265 e. The minimum Gasteiger partial charge on any atom is -0.342 e. The molecule has 4 amide bonds. The van der Waals surface area contributed by atoms with E-state index in [2.05, 4.69) is 41.5 Å². The highest BCUT2D eigenvalue weighted by Crippen LogP contribution is 2.07. The zero-order valence-electron chi connectivity index (χ0n) is 19.3. The van der Waals surface area contributed by atoms with Gasteiger partial charge in [-0.05, 0) is 49.0 Å². The number of benzene rings is 1. The maximum absolute atomic E-state index is 13.1. The number of hydrogen-bond donors (Lipinski definition) is 5. The molecule has 0 bridgehead atoms. The van der Waals surface area contributed by atoms with Gasteiger partial charge in [-0.15, -0.1) is 5.53 Å². The highest BCUT2D eigenvalue weighted by atomic mass is 16.2. The van der Waals surface area contributed by atoms with Crippen LogP contribution < -0.4 is 27.1 Å². The van der Waals surface area contributed by atoms with Gasteiger partial charge >= 0.3 is 0 Å². The Hall–Kier alpha value is -4.32. The van der Waals surface area contributed by atoms with Gasteiger partial charge in [0.05, 0.1) is 0 Å². The monoisotopic (exact) mass is 487 g/mol. The molecule has 0 spiro atoms. The molecule has 0 aromatic heterocycles. The fraction of sp³-hybridized carbons (Fsp3) is 0.500. The van der Waals surface area contributed by atoms with Crippen molar-refractivity contribution in [3.63, 3.8) is 0 Å². The van der Waals surface area contributed by atoms with Crippen LogP contribution in [0, 0.1) is 0 Å². The molecule has 1 rings (SSSR count). The Labute approximate surface area is 201 Å². The summed E-state index contributed by atoms with van der Waals surface area (Å²) in [4.78, 5) is 55.0. The van der Waals surface area contributed by atoms with Crippen molar-refractivity contribution in [2.45, 2.75) is 50.7 Å². The normalized spacial score (nSPS) is 12.5. The summed E-state index contributed by atoms with van der Waals surface area (Å²) in [5.74, 6) is -2.87. The summed E-state index contributed by atoms with van der Waals surface area (Å²) < 4.78 is 0. The first kappa shape index (κ1) is 28.7. The molecule has 15 heteroatoms. The van der Waals surface area contributed by atoms with E-state index in [-0.39, 0.29) is 12.8 Å². The average molecular weight is 488 g/mol. The van der Waals surface area contributed by atoms with Gasteiger partial charge < -0.3 is 16.4 Å². The summed E-state index contributed by atoms with van der Waals surface area (Å²) in [7, 11) is 0. The van der Waals surface area contributed by atoms with Gasteiger partial charge in [0.25, 0.3) is 5.91 Å². The molecule has 0 aliphatic rings. The lowest BCUT2D eigenvalue weighted by molar-refractivity contribution is -0.135. The second-order valence-corrected chi connectivity index (χ2v) is 7.44. The number of hydrogen-bond acceptors (Lipinski definition) is 7. The number of azide groups is 2. The molecule has 35 heavy (non-hydrogen) atoms. The minimum absolute atomic E-state index is 0.111. The van der Waals surface area contributed by atoms with Gasteiger partial charge in [-0.1, -0.05) is 35.4 Å². The quantitative estimate of drug-likeness (QED) is 0.0774. The molecule has 0 saturated carbocycles. The van der Waals surface area contributed by atoms with Crippen molar-refractivity contribution in [1.29, 1.82) is 0 Å². The Kier molecular flexibility index (Phi) is 13.4. The SMILES string of the molecule is C[C@@H](NN=[N+]=[N-])C(=O)N[C@@H](Cc1ccccc1)C(=O)N[C@@H](CCCCN)C(=O)NC(=O)CN=[N+]=[N-]. The maximum Gasteiger partial charge on any atom is 0.265 e. The van der Waals surface area contributed by atoms with E-state index in [0.29, 0.717) is 19.4 Å². The van der Waals surface area contributed by atoms with E-state index in [1.165, 1.54) is 6.92 Å². The summed E-state index contributed by atoms with van der Waals surface area (Å²) in [5, 5.41) is 13.5. The zero-order valence-corrected chi connectivity index (χ0v) is 19.3. The number of unbranched alkanes of at least 4 members (excludes halogenated alkanes) is 1. The van der Waals surface area contributed by atoms with Crippen molar-refractivity contribution in [3.05, 3.63) is 56.8 Å². The van der Waals surface area contributed by atoms with Crippen molar-refractivity contribution in [1.82, 2.24) is 21.4 Å². The number of imide groups is 1. The molecule has 0 fully saturated rings. The van der Waals surface area contributed by atoms with E-state index < -0.39 is 48.3 Å².